The van der Waals surface area contributed by atoms with Gasteiger partial charge < -0.3 is 24.2 Å². The molecule has 8 nitrogen and oxygen atoms in total. The number of nitrogens with zero attached hydrogens (tertiary/aromatic N) is 2. The molecule has 2 aliphatic heterocycles. The fourth-order valence-corrected chi connectivity index (χ4v) is 4.01. The van der Waals surface area contributed by atoms with Gasteiger partial charge in [0, 0.05) is 31.5 Å². The van der Waals surface area contributed by atoms with Gasteiger partial charge in [0.25, 0.3) is 0 Å². The largest absolute Gasteiger partial charge is 0.489 e. The van der Waals surface area contributed by atoms with Gasteiger partial charge in [0.15, 0.2) is 17.3 Å². The van der Waals surface area contributed by atoms with Crippen LogP contribution in [0.2, 0.25) is 5.02 Å². The maximum Gasteiger partial charge on any atom is 0.228 e. The van der Waals surface area contributed by atoms with Crippen LogP contribution in [0.15, 0.2) is 22.7 Å². The molecule has 1 N–H and O–H groups in total. The number of nitrogens with one attached hydrogen (secondary N) is 1. The number of amides is 2. The highest BCUT2D eigenvalue weighted by molar-refractivity contribution is 6.32. The zero-order valence-corrected chi connectivity index (χ0v) is 17.5. The van der Waals surface area contributed by atoms with E-state index in [0.29, 0.717) is 67.2 Å². The van der Waals surface area contributed by atoms with Crippen LogP contribution in [0.25, 0.3) is 0 Å². The number of benzene rings is 1. The van der Waals surface area contributed by atoms with Gasteiger partial charge in [0.1, 0.15) is 5.76 Å². The molecule has 0 aliphatic carbocycles. The van der Waals surface area contributed by atoms with Gasteiger partial charge in [-0.3, -0.25) is 9.59 Å². The Balaban J connectivity index is 1.32. The molecule has 2 aromatic rings. The van der Waals surface area contributed by atoms with Crippen LogP contribution >= 0.6 is 11.6 Å². The zero-order chi connectivity index (χ0) is 21.1. The molecule has 0 unspecified atom stereocenters. The van der Waals surface area contributed by atoms with Gasteiger partial charge in [-0.05, 0) is 37.5 Å². The second kappa shape index (κ2) is 8.95. The zero-order valence-electron chi connectivity index (χ0n) is 16.8. The number of halogens is 1. The highest BCUT2D eigenvalue weighted by Crippen LogP contribution is 2.38. The van der Waals surface area contributed by atoms with Crippen LogP contribution in [0.4, 0.5) is 5.82 Å². The summed E-state index contributed by atoms with van der Waals surface area (Å²) in [5, 5.41) is 7.01. The van der Waals surface area contributed by atoms with Crippen molar-refractivity contribution in [2.45, 2.75) is 32.6 Å². The number of hydrogen-bond acceptors (Lipinski definition) is 6. The van der Waals surface area contributed by atoms with E-state index in [2.05, 4.69) is 10.5 Å². The monoisotopic (exact) mass is 433 g/mol. The summed E-state index contributed by atoms with van der Waals surface area (Å²) in [6, 6.07) is 5.26. The Hall–Kier alpha value is -2.74. The number of likely N-dealkylation sites (tertiary alicyclic amines) is 1. The summed E-state index contributed by atoms with van der Waals surface area (Å²) in [5.74, 6) is 1.94. The number of anilines is 1. The minimum absolute atomic E-state index is 0.00606. The Kier molecular flexibility index (Phi) is 6.13. The maximum atomic E-state index is 12.8. The summed E-state index contributed by atoms with van der Waals surface area (Å²) >= 11 is 6.32. The van der Waals surface area contributed by atoms with E-state index in [4.69, 9.17) is 25.6 Å². The van der Waals surface area contributed by atoms with Crippen LogP contribution in [0, 0.1) is 12.8 Å². The average Bonchev–Trinajstić information content (AvgIpc) is 2.98. The fraction of sp³-hybridized carbons (Fsp3) is 0.476. The number of aromatic nitrogens is 1. The number of piperidine rings is 1. The minimum Gasteiger partial charge on any atom is -0.489 e. The molecule has 0 spiro atoms. The van der Waals surface area contributed by atoms with E-state index in [1.54, 1.807) is 24.0 Å². The van der Waals surface area contributed by atoms with E-state index in [1.165, 1.54) is 0 Å². The van der Waals surface area contributed by atoms with Crippen molar-refractivity contribution in [3.63, 3.8) is 0 Å². The van der Waals surface area contributed by atoms with Crippen molar-refractivity contribution in [3.8, 4) is 11.5 Å². The number of ether oxygens (including phenoxy) is 2. The Bertz CT molecular complexity index is 937. The molecule has 1 aromatic heterocycles. The van der Waals surface area contributed by atoms with Crippen LogP contribution in [0.5, 0.6) is 11.5 Å². The molecule has 2 aliphatic rings. The first-order chi connectivity index (χ1) is 14.5. The molecule has 1 saturated heterocycles. The molecule has 1 fully saturated rings. The van der Waals surface area contributed by atoms with Gasteiger partial charge >= 0.3 is 0 Å². The third-order valence-corrected chi connectivity index (χ3v) is 5.60. The van der Waals surface area contributed by atoms with E-state index >= 15 is 0 Å². The van der Waals surface area contributed by atoms with Crippen molar-refractivity contribution < 1.29 is 23.6 Å². The van der Waals surface area contributed by atoms with Crippen molar-refractivity contribution in [3.05, 3.63) is 34.5 Å². The van der Waals surface area contributed by atoms with Crippen LogP contribution in [0.1, 0.15) is 30.6 Å². The summed E-state index contributed by atoms with van der Waals surface area (Å²) in [4.78, 5) is 27.0. The number of carbonyl (C=O) groups excluding carboxylic acids is 2. The molecular formula is C21H24ClN3O5. The lowest BCUT2D eigenvalue weighted by atomic mass is 9.95. The highest BCUT2D eigenvalue weighted by Gasteiger charge is 2.28. The van der Waals surface area contributed by atoms with E-state index < -0.39 is 0 Å². The molecule has 4 rings (SSSR count). The standard InChI is InChI=1S/C21H24ClN3O5/c1-13-9-18(24-30-13)23-21(27)15-3-5-25(6-4-15)19(26)12-14-10-16(22)20-17(11-14)28-7-2-8-29-20/h9-11,15H,2-8,12H2,1H3,(H,23,24,27). The second-order valence-corrected chi connectivity index (χ2v) is 8.01. The van der Waals surface area contributed by atoms with Crippen molar-refractivity contribution in [1.29, 1.82) is 0 Å². The van der Waals surface area contributed by atoms with Gasteiger partial charge in [-0.2, -0.15) is 0 Å². The van der Waals surface area contributed by atoms with Crippen molar-refractivity contribution in [2.24, 2.45) is 5.92 Å². The molecule has 0 radical (unpaired) electrons. The first kappa shape index (κ1) is 20.5. The summed E-state index contributed by atoms with van der Waals surface area (Å²) < 4.78 is 16.3. The SMILES string of the molecule is Cc1cc(NC(=O)C2CCN(C(=O)Cc3cc(Cl)c4c(c3)OCCCO4)CC2)no1. The summed E-state index contributed by atoms with van der Waals surface area (Å²) in [7, 11) is 0. The van der Waals surface area contributed by atoms with E-state index in [1.807, 2.05) is 6.07 Å². The number of rotatable bonds is 4. The molecule has 0 bridgehead atoms. The van der Waals surface area contributed by atoms with Crippen LogP contribution in [-0.4, -0.2) is 48.2 Å². The second-order valence-electron chi connectivity index (χ2n) is 7.60. The molecule has 1 aromatic carbocycles. The molecule has 9 heteroatoms. The summed E-state index contributed by atoms with van der Waals surface area (Å²) in [6.07, 6.45) is 2.23. The number of hydrogen-bond donors (Lipinski definition) is 1. The normalized spacial score (nSPS) is 16.8. The van der Waals surface area contributed by atoms with Gasteiger partial charge in [-0.1, -0.05) is 16.8 Å². The molecule has 2 amide bonds. The smallest absolute Gasteiger partial charge is 0.228 e. The molecule has 160 valence electrons. The topological polar surface area (TPSA) is 93.9 Å². The third-order valence-electron chi connectivity index (χ3n) is 5.31. The Morgan fingerprint density at radius 1 is 1.20 bits per heavy atom. The van der Waals surface area contributed by atoms with Crippen molar-refractivity contribution >= 4 is 29.2 Å². The number of carbonyl (C=O) groups is 2. The molecule has 0 atom stereocenters. The maximum absolute atomic E-state index is 12.8. The van der Waals surface area contributed by atoms with Gasteiger partial charge in [-0.25, -0.2) is 0 Å². The predicted molar refractivity (Wildman–Crippen MR) is 110 cm³/mol. The quantitative estimate of drug-likeness (QED) is 0.795. The lowest BCUT2D eigenvalue weighted by Gasteiger charge is -2.31. The van der Waals surface area contributed by atoms with E-state index in [9.17, 15) is 9.59 Å². The molecule has 0 saturated carbocycles. The number of fused-ring (bicyclic) bond motifs is 1. The predicted octanol–water partition coefficient (Wildman–Crippen LogP) is 3.22. The average molecular weight is 434 g/mol. The van der Waals surface area contributed by atoms with Crippen molar-refractivity contribution in [2.75, 3.05) is 31.6 Å². The lowest BCUT2D eigenvalue weighted by molar-refractivity contribution is -0.133. The van der Waals surface area contributed by atoms with Crippen molar-refractivity contribution in [1.82, 2.24) is 10.1 Å². The van der Waals surface area contributed by atoms with E-state index in [-0.39, 0.29) is 24.2 Å². The van der Waals surface area contributed by atoms with Crippen LogP contribution in [0.3, 0.4) is 0 Å². The Morgan fingerprint density at radius 2 is 1.97 bits per heavy atom. The van der Waals surface area contributed by atoms with Gasteiger partial charge in [-0.15, -0.1) is 0 Å². The van der Waals surface area contributed by atoms with Crippen LogP contribution < -0.4 is 14.8 Å². The van der Waals surface area contributed by atoms with Gasteiger partial charge in [0.2, 0.25) is 11.8 Å². The molecule has 3 heterocycles. The number of aryl methyl sites for hydroxylation is 1. The first-order valence-electron chi connectivity index (χ1n) is 10.1. The summed E-state index contributed by atoms with van der Waals surface area (Å²) in [5.41, 5.74) is 0.788. The third kappa shape index (κ3) is 4.70. The Morgan fingerprint density at radius 3 is 2.70 bits per heavy atom. The Labute approximate surface area is 179 Å². The van der Waals surface area contributed by atoms with Gasteiger partial charge in [0.05, 0.1) is 24.7 Å². The minimum atomic E-state index is -0.154. The highest BCUT2D eigenvalue weighted by atomic mass is 35.5. The first-order valence-corrected chi connectivity index (χ1v) is 10.5. The van der Waals surface area contributed by atoms with Crippen LogP contribution in [-0.2, 0) is 16.0 Å². The van der Waals surface area contributed by atoms with E-state index in [0.717, 1.165) is 12.0 Å². The molecular weight excluding hydrogens is 410 g/mol. The fourth-order valence-electron chi connectivity index (χ4n) is 3.72. The lowest BCUT2D eigenvalue weighted by Crippen LogP contribution is -2.42. The molecule has 30 heavy (non-hydrogen) atoms. The summed E-state index contributed by atoms with van der Waals surface area (Å²) in [6.45, 7) is 3.96.